The van der Waals surface area contributed by atoms with Gasteiger partial charge in [0.2, 0.25) is 11.1 Å². The minimum atomic E-state index is 0.0382. The fourth-order valence-corrected chi connectivity index (χ4v) is 3.96. The zero-order valence-corrected chi connectivity index (χ0v) is 15.2. The van der Waals surface area contributed by atoms with E-state index in [0.717, 1.165) is 30.8 Å². The number of carbonyl (C=O) groups is 1. The second-order valence-corrected chi connectivity index (χ2v) is 7.37. The Bertz CT molecular complexity index is 654. The van der Waals surface area contributed by atoms with Crippen molar-refractivity contribution >= 4 is 17.7 Å². The normalized spacial score (nSPS) is 15.2. The van der Waals surface area contributed by atoms with Gasteiger partial charge in [-0.2, -0.15) is 0 Å². The van der Waals surface area contributed by atoms with Crippen molar-refractivity contribution in [2.75, 3.05) is 12.3 Å². The number of thioether (sulfide) groups is 1. The highest BCUT2D eigenvalue weighted by Gasteiger charge is 2.20. The van der Waals surface area contributed by atoms with E-state index in [9.17, 15) is 4.79 Å². The number of hydrogen-bond acceptors (Lipinski definition) is 5. The Morgan fingerprint density at radius 3 is 2.80 bits per heavy atom. The van der Waals surface area contributed by atoms with Crippen LogP contribution in [-0.4, -0.2) is 38.4 Å². The van der Waals surface area contributed by atoms with E-state index in [1.807, 2.05) is 22.9 Å². The summed E-state index contributed by atoms with van der Waals surface area (Å²) in [4.78, 5) is 12.0. The third kappa shape index (κ3) is 5.56. The first kappa shape index (κ1) is 17.9. The van der Waals surface area contributed by atoms with Crippen molar-refractivity contribution in [2.45, 2.75) is 56.1 Å². The lowest BCUT2D eigenvalue weighted by Crippen LogP contribution is -2.26. The smallest absolute Gasteiger partial charge is 0.230 e. The van der Waals surface area contributed by atoms with Crippen LogP contribution in [0.3, 0.4) is 0 Å². The molecule has 1 aliphatic rings. The summed E-state index contributed by atoms with van der Waals surface area (Å²) in [6, 6.07) is 10.7. The fourth-order valence-electron chi connectivity index (χ4n) is 3.18. The first-order chi connectivity index (χ1) is 12.3. The molecule has 1 aliphatic carbocycles. The number of aromatic nitrogens is 4. The molecule has 1 saturated carbocycles. The first-order valence-corrected chi connectivity index (χ1v) is 10.0. The van der Waals surface area contributed by atoms with Crippen molar-refractivity contribution < 1.29 is 4.79 Å². The summed E-state index contributed by atoms with van der Waals surface area (Å²) in [5, 5.41) is 15.7. The molecule has 0 bridgehead atoms. The molecule has 0 atom stereocenters. The highest BCUT2D eigenvalue weighted by atomic mass is 32.2. The van der Waals surface area contributed by atoms with Crippen molar-refractivity contribution in [3.05, 3.63) is 35.9 Å². The van der Waals surface area contributed by atoms with Crippen LogP contribution in [-0.2, 0) is 11.2 Å². The summed E-state index contributed by atoms with van der Waals surface area (Å²) < 4.78 is 1.91. The Morgan fingerprint density at radius 1 is 1.20 bits per heavy atom. The number of aryl methyl sites for hydroxylation is 1. The standard InChI is InChI=1S/C18H25N5OS/c24-17(19-13-7-10-15-8-3-1-4-9-15)14-25-18-20-21-22-23(18)16-11-5-2-6-12-16/h1,3-4,8-9,16H,2,5-7,10-14H2,(H,19,24). The monoisotopic (exact) mass is 359 g/mol. The van der Waals surface area contributed by atoms with E-state index in [-0.39, 0.29) is 5.91 Å². The van der Waals surface area contributed by atoms with Gasteiger partial charge in [-0.15, -0.1) is 5.10 Å². The Morgan fingerprint density at radius 2 is 2.00 bits per heavy atom. The second-order valence-electron chi connectivity index (χ2n) is 6.43. The minimum Gasteiger partial charge on any atom is -0.355 e. The SMILES string of the molecule is O=C(CSc1nnnn1C1CCCCC1)NCCCc1ccccc1. The Labute approximate surface area is 152 Å². The number of tetrazole rings is 1. The van der Waals surface area contributed by atoms with E-state index in [4.69, 9.17) is 0 Å². The number of rotatable bonds is 8. The molecule has 1 aromatic carbocycles. The summed E-state index contributed by atoms with van der Waals surface area (Å²) >= 11 is 1.42. The van der Waals surface area contributed by atoms with Crippen molar-refractivity contribution in [1.29, 1.82) is 0 Å². The van der Waals surface area contributed by atoms with Crippen LogP contribution >= 0.6 is 11.8 Å². The van der Waals surface area contributed by atoms with Gasteiger partial charge in [0.1, 0.15) is 0 Å². The van der Waals surface area contributed by atoms with Crippen LogP contribution in [0.1, 0.15) is 50.1 Å². The van der Waals surface area contributed by atoms with Crippen molar-refractivity contribution in [2.24, 2.45) is 0 Å². The lowest BCUT2D eigenvalue weighted by molar-refractivity contribution is -0.118. The zero-order valence-electron chi connectivity index (χ0n) is 14.4. The molecule has 1 N–H and O–H groups in total. The van der Waals surface area contributed by atoms with E-state index < -0.39 is 0 Å². The third-order valence-electron chi connectivity index (χ3n) is 4.52. The Hall–Kier alpha value is -1.89. The molecule has 1 fully saturated rings. The maximum Gasteiger partial charge on any atom is 0.230 e. The number of nitrogens with zero attached hydrogens (tertiary/aromatic N) is 4. The zero-order chi connectivity index (χ0) is 17.3. The average molecular weight is 359 g/mol. The topological polar surface area (TPSA) is 72.7 Å². The van der Waals surface area contributed by atoms with Crippen LogP contribution in [0.5, 0.6) is 0 Å². The van der Waals surface area contributed by atoms with Crippen molar-refractivity contribution in [3.63, 3.8) is 0 Å². The molecule has 25 heavy (non-hydrogen) atoms. The van der Waals surface area contributed by atoms with Gasteiger partial charge >= 0.3 is 0 Å². The van der Waals surface area contributed by atoms with Crippen LogP contribution < -0.4 is 5.32 Å². The van der Waals surface area contributed by atoms with Gasteiger partial charge in [0.05, 0.1) is 11.8 Å². The van der Waals surface area contributed by atoms with Gasteiger partial charge in [-0.05, 0) is 41.7 Å². The molecule has 6 nitrogen and oxygen atoms in total. The Kier molecular flexibility index (Phi) is 6.85. The molecule has 7 heteroatoms. The summed E-state index contributed by atoms with van der Waals surface area (Å²) in [5.41, 5.74) is 1.30. The lowest BCUT2D eigenvalue weighted by Gasteiger charge is -2.21. The third-order valence-corrected chi connectivity index (χ3v) is 5.46. The van der Waals surface area contributed by atoms with E-state index >= 15 is 0 Å². The van der Waals surface area contributed by atoms with E-state index in [0.29, 0.717) is 18.3 Å². The molecule has 0 radical (unpaired) electrons. The first-order valence-electron chi connectivity index (χ1n) is 9.04. The van der Waals surface area contributed by atoms with Crippen LogP contribution in [0, 0.1) is 0 Å². The summed E-state index contributed by atoms with van der Waals surface area (Å²) in [5.74, 6) is 0.398. The number of nitrogens with one attached hydrogen (secondary N) is 1. The molecular formula is C18H25N5OS. The van der Waals surface area contributed by atoms with Gasteiger partial charge in [0.25, 0.3) is 0 Å². The van der Waals surface area contributed by atoms with Crippen LogP contribution in [0.15, 0.2) is 35.5 Å². The van der Waals surface area contributed by atoms with Gasteiger partial charge in [-0.25, -0.2) is 4.68 Å². The van der Waals surface area contributed by atoms with Crippen molar-refractivity contribution in [3.8, 4) is 0 Å². The van der Waals surface area contributed by atoms with Gasteiger partial charge in [-0.1, -0.05) is 61.4 Å². The van der Waals surface area contributed by atoms with Gasteiger partial charge in [0, 0.05) is 6.54 Å². The molecule has 0 saturated heterocycles. The highest BCUT2D eigenvalue weighted by molar-refractivity contribution is 7.99. The largest absolute Gasteiger partial charge is 0.355 e. The number of benzene rings is 1. The summed E-state index contributed by atoms with van der Waals surface area (Å²) in [6.45, 7) is 0.696. The van der Waals surface area contributed by atoms with E-state index in [2.05, 4.69) is 33.0 Å². The molecule has 134 valence electrons. The maximum absolute atomic E-state index is 12.0. The molecule has 0 aliphatic heterocycles. The van der Waals surface area contributed by atoms with E-state index in [1.165, 1.54) is 36.6 Å². The van der Waals surface area contributed by atoms with Crippen LogP contribution in [0.2, 0.25) is 0 Å². The molecule has 0 spiro atoms. The maximum atomic E-state index is 12.0. The molecular weight excluding hydrogens is 334 g/mol. The molecule has 1 aromatic heterocycles. The average Bonchev–Trinajstić information content (AvgIpc) is 3.14. The van der Waals surface area contributed by atoms with Crippen LogP contribution in [0.4, 0.5) is 0 Å². The summed E-state index contributed by atoms with van der Waals surface area (Å²) in [7, 11) is 0. The summed E-state index contributed by atoms with van der Waals surface area (Å²) in [6.07, 6.45) is 7.95. The molecule has 0 unspecified atom stereocenters. The number of amides is 1. The molecule has 1 amide bonds. The Balaban J connectivity index is 1.37. The van der Waals surface area contributed by atoms with Gasteiger partial charge in [-0.3, -0.25) is 4.79 Å². The van der Waals surface area contributed by atoms with Crippen molar-refractivity contribution in [1.82, 2.24) is 25.5 Å². The molecule has 1 heterocycles. The number of carbonyl (C=O) groups excluding carboxylic acids is 1. The van der Waals surface area contributed by atoms with Crippen LogP contribution in [0.25, 0.3) is 0 Å². The predicted molar refractivity (Wildman–Crippen MR) is 98.4 cm³/mol. The molecule has 2 aromatic rings. The second kappa shape index (κ2) is 9.56. The highest BCUT2D eigenvalue weighted by Crippen LogP contribution is 2.30. The quantitative estimate of drug-likeness (QED) is 0.579. The fraction of sp³-hybridized carbons (Fsp3) is 0.556. The van der Waals surface area contributed by atoms with Gasteiger partial charge < -0.3 is 5.32 Å². The van der Waals surface area contributed by atoms with E-state index in [1.54, 1.807) is 0 Å². The van der Waals surface area contributed by atoms with Gasteiger partial charge in [0.15, 0.2) is 0 Å². The molecule has 3 rings (SSSR count). The lowest BCUT2D eigenvalue weighted by atomic mass is 9.96. The number of hydrogen-bond donors (Lipinski definition) is 1. The predicted octanol–water partition coefficient (Wildman–Crippen LogP) is 3.02. The minimum absolute atomic E-state index is 0.0382.